The number of alkyl halides is 11. The molecule has 0 heterocycles. The molecule has 0 amide bonds. The minimum Gasteiger partial charge on any atom is -0.292 e. The van der Waals surface area contributed by atoms with E-state index in [2.05, 4.69) is 0 Å². The number of carbonyl (C=O) groups is 1. The van der Waals surface area contributed by atoms with Crippen LogP contribution >= 0.6 is 0 Å². The average molecular weight is 339 g/mol. The largest absolute Gasteiger partial charge is 0.461 e. The Bertz CT molecular complexity index is 413. The zero-order chi connectivity index (χ0) is 17.3. The highest BCUT2D eigenvalue weighted by Crippen LogP contribution is 2.37. The Hall–Kier alpha value is -1.43. The van der Waals surface area contributed by atoms with E-state index in [1.54, 1.807) is 0 Å². The Balaban J connectivity index is 5.32. The Morgan fingerprint density at radius 2 is 1.24 bits per heavy atom. The minimum absolute atomic E-state index is 1.85. The lowest BCUT2D eigenvalue weighted by atomic mass is 10.1. The molecule has 0 aromatic rings. The molecule has 0 aromatic carbocycles. The van der Waals surface area contributed by atoms with Crippen molar-refractivity contribution in [3.63, 3.8) is 0 Å². The molecule has 0 aliphatic carbocycles. The summed E-state index contributed by atoms with van der Waals surface area (Å²) in [5.41, 5.74) is -2.67. The van der Waals surface area contributed by atoms with E-state index in [0.29, 0.717) is 0 Å². The number of Topliss-reactive ketones (excluding diaryl/α,β-unsaturated/α-hetero) is 1. The summed E-state index contributed by atoms with van der Waals surface area (Å²) in [5.74, 6) is -9.38. The normalized spacial score (nSPS) is 15.3. The third kappa shape index (κ3) is 5.83. The second-order valence-corrected chi connectivity index (χ2v) is 3.55. The quantitative estimate of drug-likeness (QED) is 0.567. The van der Waals surface area contributed by atoms with Crippen molar-refractivity contribution in [2.45, 2.75) is 30.9 Å². The molecular weight excluding hydrogens is 335 g/mol. The van der Waals surface area contributed by atoms with Crippen molar-refractivity contribution in [1.29, 1.82) is 0 Å². The molecule has 0 fully saturated rings. The van der Waals surface area contributed by atoms with Gasteiger partial charge in [0.15, 0.2) is 0 Å². The molecule has 0 saturated heterocycles. The number of nitrogens with zero attached hydrogens (tertiary/aromatic N) is 1. The van der Waals surface area contributed by atoms with Crippen LogP contribution in [0.2, 0.25) is 0 Å². The van der Waals surface area contributed by atoms with Gasteiger partial charge in [-0.1, -0.05) is 0 Å². The highest BCUT2D eigenvalue weighted by molar-refractivity contribution is 6.07. The molecule has 0 saturated carbocycles. The van der Waals surface area contributed by atoms with Crippen LogP contribution in [-0.4, -0.2) is 42.5 Å². The van der Waals surface area contributed by atoms with Crippen molar-refractivity contribution in [2.24, 2.45) is 4.99 Å². The fraction of sp³-hybridized carbons (Fsp3) is 0.750. The van der Waals surface area contributed by atoms with Gasteiger partial charge in [-0.05, 0) is 0 Å². The first-order chi connectivity index (χ1) is 8.98. The van der Waals surface area contributed by atoms with Gasteiger partial charge in [-0.3, -0.25) is 9.79 Å². The first-order valence-corrected chi connectivity index (χ1v) is 4.63. The highest BCUT2D eigenvalue weighted by atomic mass is 19.4. The molecule has 0 aliphatic heterocycles. The molecule has 0 radical (unpaired) electrons. The zero-order valence-corrected chi connectivity index (χ0v) is 9.43. The van der Waals surface area contributed by atoms with Crippen molar-refractivity contribution in [3.05, 3.63) is 0 Å². The van der Waals surface area contributed by atoms with E-state index < -0.39 is 48.9 Å². The van der Waals surface area contributed by atoms with Crippen LogP contribution in [0.5, 0.6) is 0 Å². The summed E-state index contributed by atoms with van der Waals surface area (Å²) in [7, 11) is 0. The van der Waals surface area contributed by atoms with Crippen LogP contribution in [0.25, 0.3) is 0 Å². The summed E-state index contributed by atoms with van der Waals surface area (Å²) < 4.78 is 132. The smallest absolute Gasteiger partial charge is 0.292 e. The Morgan fingerprint density at radius 1 is 0.810 bits per heavy atom. The first kappa shape index (κ1) is 19.6. The van der Waals surface area contributed by atoms with Crippen LogP contribution in [-0.2, 0) is 4.79 Å². The molecule has 0 atom stereocenters. The number of hydrogen-bond donors (Lipinski definition) is 0. The first-order valence-electron chi connectivity index (χ1n) is 4.63. The molecule has 0 unspecified atom stereocenters. The van der Waals surface area contributed by atoms with Crippen molar-refractivity contribution < 1.29 is 53.1 Å². The SMILES string of the molecule is O=C(C/C(=N/CC(F)(F)F)C(F)(F)F)C(F)(F)C(F)(F)F. The zero-order valence-electron chi connectivity index (χ0n) is 9.43. The Morgan fingerprint density at radius 3 is 1.52 bits per heavy atom. The third-order valence-electron chi connectivity index (χ3n) is 1.81. The van der Waals surface area contributed by atoms with Gasteiger partial charge in [0.2, 0.25) is 5.78 Å². The van der Waals surface area contributed by atoms with Gasteiger partial charge in [0.25, 0.3) is 0 Å². The number of ketones is 1. The summed E-state index contributed by atoms with van der Waals surface area (Å²) in [6, 6.07) is 0. The summed E-state index contributed by atoms with van der Waals surface area (Å²) in [5, 5.41) is 0. The highest BCUT2D eigenvalue weighted by Gasteiger charge is 2.63. The second-order valence-electron chi connectivity index (χ2n) is 3.55. The van der Waals surface area contributed by atoms with E-state index in [1.165, 1.54) is 0 Å². The van der Waals surface area contributed by atoms with E-state index in [9.17, 15) is 53.1 Å². The van der Waals surface area contributed by atoms with E-state index in [4.69, 9.17) is 0 Å². The maximum absolute atomic E-state index is 12.4. The van der Waals surface area contributed by atoms with E-state index in [0.717, 1.165) is 0 Å². The van der Waals surface area contributed by atoms with Gasteiger partial charge < -0.3 is 0 Å². The van der Waals surface area contributed by atoms with Gasteiger partial charge in [0, 0.05) is 0 Å². The van der Waals surface area contributed by atoms with E-state index in [1.807, 2.05) is 4.99 Å². The molecular formula is C8H4F11NO. The molecule has 0 spiro atoms. The van der Waals surface area contributed by atoms with Gasteiger partial charge in [-0.15, -0.1) is 0 Å². The van der Waals surface area contributed by atoms with Crippen LogP contribution < -0.4 is 0 Å². The number of aliphatic imine (C=N–C) groups is 1. The van der Waals surface area contributed by atoms with Crippen LogP contribution in [0.4, 0.5) is 48.3 Å². The maximum Gasteiger partial charge on any atom is 0.461 e. The lowest BCUT2D eigenvalue weighted by molar-refractivity contribution is -0.268. The van der Waals surface area contributed by atoms with E-state index >= 15 is 0 Å². The minimum atomic E-state index is -6.47. The van der Waals surface area contributed by atoms with Gasteiger partial charge in [0.1, 0.15) is 12.3 Å². The lowest BCUT2D eigenvalue weighted by Crippen LogP contribution is -2.46. The topological polar surface area (TPSA) is 29.4 Å². The summed E-state index contributed by atoms with van der Waals surface area (Å²) in [6.07, 6.45) is -20.1. The number of hydrogen-bond acceptors (Lipinski definition) is 2. The summed E-state index contributed by atoms with van der Waals surface area (Å²) >= 11 is 0. The molecule has 0 N–H and O–H groups in total. The van der Waals surface area contributed by atoms with Crippen LogP contribution in [0, 0.1) is 0 Å². The fourth-order valence-corrected chi connectivity index (χ4v) is 0.852. The van der Waals surface area contributed by atoms with Crippen molar-refractivity contribution in [2.75, 3.05) is 6.54 Å². The molecule has 13 heteroatoms. The van der Waals surface area contributed by atoms with Gasteiger partial charge >= 0.3 is 24.5 Å². The van der Waals surface area contributed by atoms with Crippen molar-refractivity contribution in [1.82, 2.24) is 0 Å². The summed E-state index contributed by atoms with van der Waals surface area (Å²) in [4.78, 5) is 12.4. The molecule has 124 valence electrons. The van der Waals surface area contributed by atoms with Crippen LogP contribution in [0.1, 0.15) is 6.42 Å². The number of carbonyl (C=O) groups excluding carboxylic acids is 1. The van der Waals surface area contributed by atoms with Crippen LogP contribution in [0.3, 0.4) is 0 Å². The Kier molecular flexibility index (Phi) is 5.36. The van der Waals surface area contributed by atoms with Gasteiger partial charge in [-0.2, -0.15) is 48.3 Å². The van der Waals surface area contributed by atoms with Crippen molar-refractivity contribution in [3.8, 4) is 0 Å². The summed E-state index contributed by atoms with van der Waals surface area (Å²) in [6.45, 7) is -2.48. The van der Waals surface area contributed by atoms with Crippen LogP contribution in [0.15, 0.2) is 4.99 Å². The second kappa shape index (κ2) is 5.75. The van der Waals surface area contributed by atoms with E-state index in [-0.39, 0.29) is 0 Å². The standard InChI is InChI=1S/C8H4F11NO/c9-5(10,11)2-20-3(7(14,15)16)1-4(21)6(12,13)8(17,18)19/h1-2H2/b20-3-. The molecule has 0 rings (SSSR count). The predicted molar refractivity (Wildman–Crippen MR) is 45.0 cm³/mol. The molecule has 0 aromatic heterocycles. The maximum atomic E-state index is 12.4. The average Bonchev–Trinajstić information content (AvgIpc) is 2.18. The fourth-order valence-electron chi connectivity index (χ4n) is 0.852. The number of rotatable bonds is 4. The Labute approximate surface area is 108 Å². The molecule has 2 nitrogen and oxygen atoms in total. The van der Waals surface area contributed by atoms with Crippen molar-refractivity contribution >= 4 is 11.5 Å². The molecule has 0 aliphatic rings. The van der Waals surface area contributed by atoms with Gasteiger partial charge in [-0.25, -0.2) is 0 Å². The molecule has 21 heavy (non-hydrogen) atoms. The predicted octanol–water partition coefficient (Wildman–Crippen LogP) is 3.71. The number of halogens is 11. The monoisotopic (exact) mass is 339 g/mol. The lowest BCUT2D eigenvalue weighted by Gasteiger charge is -2.19. The van der Waals surface area contributed by atoms with Gasteiger partial charge in [0.05, 0.1) is 6.42 Å². The molecule has 0 bridgehead atoms. The third-order valence-corrected chi connectivity index (χ3v) is 1.81.